The molecule has 0 radical (unpaired) electrons. The van der Waals surface area contributed by atoms with Crippen LogP contribution < -0.4 is 0 Å². The van der Waals surface area contributed by atoms with Gasteiger partial charge in [-0.2, -0.15) is 15.1 Å². The highest BCUT2D eigenvalue weighted by Crippen LogP contribution is 2.29. The average molecular weight is 377 g/mol. The van der Waals surface area contributed by atoms with Gasteiger partial charge in [0.1, 0.15) is 5.04 Å². The number of amides is 1. The Morgan fingerprint density at radius 3 is 3.00 bits per heavy atom. The molecule has 1 amide bonds. The van der Waals surface area contributed by atoms with Gasteiger partial charge in [0.25, 0.3) is 5.91 Å². The van der Waals surface area contributed by atoms with E-state index in [0.29, 0.717) is 5.17 Å². The fourth-order valence-corrected chi connectivity index (χ4v) is 3.51. The predicted octanol–water partition coefficient (Wildman–Crippen LogP) is 3.87. The van der Waals surface area contributed by atoms with Crippen molar-refractivity contribution >= 4 is 55.7 Å². The molecule has 0 unspecified atom stereocenters. The number of hydrogen-bond donors (Lipinski definition) is 1. The SMILES string of the molecule is CCCC1=NN2C(=N)C(=Cc3cccc(Br)c3)C(=O)N=C2S1. The summed E-state index contributed by atoms with van der Waals surface area (Å²) in [5.41, 5.74) is 1.09. The zero-order valence-electron chi connectivity index (χ0n) is 11.8. The molecule has 1 aromatic carbocycles. The fourth-order valence-electron chi connectivity index (χ4n) is 2.11. The molecule has 2 aliphatic heterocycles. The molecule has 0 aliphatic carbocycles. The van der Waals surface area contributed by atoms with Crippen LogP contribution in [0, 0.1) is 5.41 Å². The van der Waals surface area contributed by atoms with E-state index in [9.17, 15) is 4.79 Å². The molecule has 1 N–H and O–H groups in total. The monoisotopic (exact) mass is 376 g/mol. The lowest BCUT2D eigenvalue weighted by Crippen LogP contribution is -2.35. The van der Waals surface area contributed by atoms with Crippen LogP contribution in [0.25, 0.3) is 6.08 Å². The number of amidine groups is 2. The maximum Gasteiger partial charge on any atom is 0.283 e. The van der Waals surface area contributed by atoms with Crippen molar-refractivity contribution < 1.29 is 4.79 Å². The quantitative estimate of drug-likeness (QED) is 0.813. The molecule has 0 fully saturated rings. The summed E-state index contributed by atoms with van der Waals surface area (Å²) in [4.78, 5) is 16.3. The van der Waals surface area contributed by atoms with Gasteiger partial charge in [-0.05, 0) is 48.4 Å². The zero-order chi connectivity index (χ0) is 15.7. The molecule has 0 spiro atoms. The van der Waals surface area contributed by atoms with Gasteiger partial charge in [-0.15, -0.1) is 0 Å². The van der Waals surface area contributed by atoms with Crippen molar-refractivity contribution in [2.45, 2.75) is 19.8 Å². The second-order valence-corrected chi connectivity index (χ2v) is 6.77. The molecule has 3 rings (SSSR count). The van der Waals surface area contributed by atoms with Crippen molar-refractivity contribution in [2.75, 3.05) is 0 Å². The Kier molecular flexibility index (Phi) is 4.26. The minimum Gasteiger partial charge on any atom is -0.282 e. The smallest absolute Gasteiger partial charge is 0.282 e. The summed E-state index contributed by atoms with van der Waals surface area (Å²) in [5, 5.41) is 15.4. The maximum atomic E-state index is 12.2. The molecule has 7 heteroatoms. The van der Waals surface area contributed by atoms with Gasteiger partial charge in [-0.1, -0.05) is 35.0 Å². The van der Waals surface area contributed by atoms with Crippen molar-refractivity contribution in [3.05, 3.63) is 39.9 Å². The molecule has 112 valence electrons. The highest BCUT2D eigenvalue weighted by atomic mass is 79.9. The Bertz CT molecular complexity index is 754. The Hall–Kier alpha value is -1.73. The fraction of sp³-hybridized carbons (Fsp3) is 0.200. The molecule has 22 heavy (non-hydrogen) atoms. The first-order chi connectivity index (χ1) is 10.6. The van der Waals surface area contributed by atoms with E-state index in [4.69, 9.17) is 5.41 Å². The Balaban J connectivity index is 1.95. The second-order valence-electron chi connectivity index (χ2n) is 4.82. The van der Waals surface area contributed by atoms with Crippen LogP contribution in [0.1, 0.15) is 25.3 Å². The van der Waals surface area contributed by atoms with E-state index in [-0.39, 0.29) is 11.4 Å². The summed E-state index contributed by atoms with van der Waals surface area (Å²) >= 11 is 4.76. The van der Waals surface area contributed by atoms with Crippen molar-refractivity contribution in [3.8, 4) is 0 Å². The number of halogens is 1. The third kappa shape index (κ3) is 2.91. The van der Waals surface area contributed by atoms with Crippen molar-refractivity contribution in [1.29, 1.82) is 5.41 Å². The first-order valence-electron chi connectivity index (χ1n) is 6.83. The van der Waals surface area contributed by atoms with E-state index < -0.39 is 5.91 Å². The molecule has 2 aliphatic rings. The van der Waals surface area contributed by atoms with E-state index in [0.717, 1.165) is 27.9 Å². The molecular weight excluding hydrogens is 364 g/mol. The van der Waals surface area contributed by atoms with Gasteiger partial charge in [0, 0.05) is 4.47 Å². The first-order valence-corrected chi connectivity index (χ1v) is 8.44. The summed E-state index contributed by atoms with van der Waals surface area (Å²) in [7, 11) is 0. The van der Waals surface area contributed by atoms with Gasteiger partial charge in [-0.3, -0.25) is 10.2 Å². The number of hydrogen-bond acceptors (Lipinski definition) is 4. The minimum atomic E-state index is -0.392. The Morgan fingerprint density at radius 1 is 1.45 bits per heavy atom. The van der Waals surface area contributed by atoms with Crippen LogP contribution in [-0.4, -0.2) is 27.0 Å². The zero-order valence-corrected chi connectivity index (χ0v) is 14.2. The number of rotatable bonds is 3. The number of nitrogens with zero attached hydrogens (tertiary/aromatic N) is 3. The van der Waals surface area contributed by atoms with E-state index in [2.05, 4.69) is 32.9 Å². The van der Waals surface area contributed by atoms with Crippen LogP contribution in [0.4, 0.5) is 0 Å². The normalized spacial score (nSPS) is 19.4. The average Bonchev–Trinajstić information content (AvgIpc) is 2.87. The van der Waals surface area contributed by atoms with Crippen LogP contribution >= 0.6 is 27.7 Å². The van der Waals surface area contributed by atoms with Gasteiger partial charge >= 0.3 is 0 Å². The summed E-state index contributed by atoms with van der Waals surface area (Å²) in [6, 6.07) is 7.55. The standard InChI is InChI=1S/C15H13BrN4OS/c1-2-4-12-19-20-13(17)11(14(21)18-15(20)22-12)8-9-5-3-6-10(16)7-9/h3,5-8,17H,2,4H2,1H3. The summed E-state index contributed by atoms with van der Waals surface area (Å²) in [6.07, 6.45) is 3.47. The van der Waals surface area contributed by atoms with E-state index in [1.807, 2.05) is 24.3 Å². The van der Waals surface area contributed by atoms with E-state index in [1.54, 1.807) is 6.08 Å². The van der Waals surface area contributed by atoms with Gasteiger partial charge < -0.3 is 0 Å². The largest absolute Gasteiger partial charge is 0.283 e. The number of nitrogens with one attached hydrogen (secondary N) is 1. The first kappa shape index (κ1) is 15.2. The molecule has 0 bridgehead atoms. The van der Waals surface area contributed by atoms with Gasteiger partial charge in [-0.25, -0.2) is 0 Å². The van der Waals surface area contributed by atoms with Gasteiger partial charge in [0.2, 0.25) is 5.17 Å². The second kappa shape index (κ2) is 6.18. The van der Waals surface area contributed by atoms with Crippen molar-refractivity contribution in [1.82, 2.24) is 5.01 Å². The molecule has 0 aromatic heterocycles. The minimum absolute atomic E-state index is 0.0774. The molecule has 0 atom stereocenters. The van der Waals surface area contributed by atoms with Crippen LogP contribution in [0.3, 0.4) is 0 Å². The van der Waals surface area contributed by atoms with Crippen LogP contribution in [-0.2, 0) is 4.79 Å². The van der Waals surface area contributed by atoms with Crippen molar-refractivity contribution in [2.24, 2.45) is 10.1 Å². The third-order valence-electron chi connectivity index (χ3n) is 3.12. The summed E-state index contributed by atoms with van der Waals surface area (Å²) < 4.78 is 0.917. The Labute approximate surface area is 140 Å². The predicted molar refractivity (Wildman–Crippen MR) is 94.1 cm³/mol. The number of carbonyl (C=O) groups excluding carboxylic acids is 1. The van der Waals surface area contributed by atoms with E-state index >= 15 is 0 Å². The van der Waals surface area contributed by atoms with Crippen LogP contribution in [0.5, 0.6) is 0 Å². The maximum absolute atomic E-state index is 12.2. The van der Waals surface area contributed by atoms with Crippen LogP contribution in [0.2, 0.25) is 0 Å². The molecule has 0 saturated heterocycles. The molecule has 2 heterocycles. The van der Waals surface area contributed by atoms with Crippen LogP contribution in [0.15, 0.2) is 44.4 Å². The summed E-state index contributed by atoms with van der Waals surface area (Å²) in [6.45, 7) is 2.07. The highest BCUT2D eigenvalue weighted by molar-refractivity contribution is 9.10. The lowest BCUT2D eigenvalue weighted by Gasteiger charge is -2.20. The number of carbonyl (C=O) groups is 1. The lowest BCUT2D eigenvalue weighted by atomic mass is 10.1. The number of thioether (sulfide) groups is 1. The molecule has 0 saturated carbocycles. The topological polar surface area (TPSA) is 68.9 Å². The Morgan fingerprint density at radius 2 is 2.27 bits per heavy atom. The number of aliphatic imine (C=N–C) groups is 1. The molecule has 5 nitrogen and oxygen atoms in total. The lowest BCUT2D eigenvalue weighted by molar-refractivity contribution is -0.114. The highest BCUT2D eigenvalue weighted by Gasteiger charge is 2.35. The molecular formula is C15H13BrN4OS. The summed E-state index contributed by atoms with van der Waals surface area (Å²) in [5.74, 6) is -0.315. The van der Waals surface area contributed by atoms with E-state index in [1.165, 1.54) is 16.8 Å². The number of benzene rings is 1. The third-order valence-corrected chi connectivity index (χ3v) is 4.58. The van der Waals surface area contributed by atoms with Gasteiger partial charge in [0.05, 0.1) is 5.57 Å². The van der Waals surface area contributed by atoms with Crippen molar-refractivity contribution in [3.63, 3.8) is 0 Å². The number of fused-ring (bicyclic) bond motifs is 1. The number of hydrazone groups is 1. The molecule has 1 aromatic rings. The van der Waals surface area contributed by atoms with Gasteiger partial charge in [0.15, 0.2) is 5.84 Å².